The molecule has 0 saturated heterocycles. The zero-order valence-electron chi connectivity index (χ0n) is 8.75. The quantitative estimate of drug-likeness (QED) is 0.697. The summed E-state index contributed by atoms with van der Waals surface area (Å²) in [6.07, 6.45) is 2.90. The molecule has 0 atom stereocenters. The summed E-state index contributed by atoms with van der Waals surface area (Å²) in [4.78, 5) is 14.2. The van der Waals surface area contributed by atoms with Crippen LogP contribution in [0.3, 0.4) is 0 Å². The lowest BCUT2D eigenvalue weighted by atomic mass is 10.3. The molecule has 1 aromatic rings. The van der Waals surface area contributed by atoms with E-state index in [1.165, 1.54) is 12.3 Å². The summed E-state index contributed by atoms with van der Waals surface area (Å²) < 4.78 is 27.7. The van der Waals surface area contributed by atoms with E-state index in [0.29, 0.717) is 0 Å². The van der Waals surface area contributed by atoms with E-state index in [1.807, 2.05) is 0 Å². The maximum atomic E-state index is 11.5. The lowest BCUT2D eigenvalue weighted by Gasteiger charge is -2.08. The largest absolute Gasteiger partial charge is 0.477 e. The third-order valence-electron chi connectivity index (χ3n) is 2.13. The van der Waals surface area contributed by atoms with Gasteiger partial charge in [-0.3, -0.25) is 4.72 Å². The van der Waals surface area contributed by atoms with Gasteiger partial charge in [0.2, 0.25) is 0 Å². The van der Waals surface area contributed by atoms with Gasteiger partial charge in [0.05, 0.1) is 5.69 Å². The number of carboxylic acid groups (broad SMARTS) is 1. The van der Waals surface area contributed by atoms with Gasteiger partial charge in [0.1, 0.15) is 5.69 Å². The average Bonchev–Trinajstić information content (AvgIpc) is 3.00. The Hall–Kier alpha value is -1.67. The number of aromatic nitrogens is 1. The number of hydrogen-bond donors (Lipinski definition) is 3. The molecule has 1 fully saturated rings. The first-order valence-corrected chi connectivity index (χ1v) is 6.44. The maximum Gasteiger partial charge on any atom is 0.354 e. The topological polar surface area (TPSA) is 108 Å². The van der Waals surface area contributed by atoms with Crippen molar-refractivity contribution in [2.75, 3.05) is 4.72 Å². The lowest BCUT2D eigenvalue weighted by molar-refractivity contribution is 0.0690. The van der Waals surface area contributed by atoms with Gasteiger partial charge in [0.25, 0.3) is 10.2 Å². The number of carboxylic acids is 1. The first-order chi connectivity index (χ1) is 7.96. The minimum absolute atomic E-state index is 0.00622. The Labute approximate surface area is 98.1 Å². The summed E-state index contributed by atoms with van der Waals surface area (Å²) in [5.41, 5.74) is -0.0397. The smallest absolute Gasteiger partial charge is 0.354 e. The maximum absolute atomic E-state index is 11.5. The Morgan fingerprint density at radius 1 is 1.47 bits per heavy atom. The summed E-state index contributed by atoms with van der Waals surface area (Å²) in [5, 5.41) is 8.71. The predicted molar refractivity (Wildman–Crippen MR) is 59.9 cm³/mol. The molecule has 1 aliphatic rings. The summed E-state index contributed by atoms with van der Waals surface area (Å²) in [5.74, 6) is -1.21. The number of rotatable bonds is 5. The van der Waals surface area contributed by atoms with Crippen molar-refractivity contribution in [2.24, 2.45) is 0 Å². The highest BCUT2D eigenvalue weighted by Crippen LogP contribution is 2.20. The van der Waals surface area contributed by atoms with Crippen molar-refractivity contribution in [1.29, 1.82) is 0 Å². The van der Waals surface area contributed by atoms with E-state index < -0.39 is 16.2 Å². The highest BCUT2D eigenvalue weighted by molar-refractivity contribution is 7.90. The van der Waals surface area contributed by atoms with E-state index in [4.69, 9.17) is 5.11 Å². The molecule has 0 aliphatic heterocycles. The van der Waals surface area contributed by atoms with E-state index in [2.05, 4.69) is 14.4 Å². The number of hydrogen-bond acceptors (Lipinski definition) is 4. The van der Waals surface area contributed by atoms with Gasteiger partial charge in [0, 0.05) is 12.2 Å². The molecule has 1 aliphatic carbocycles. The van der Waals surface area contributed by atoms with E-state index in [9.17, 15) is 13.2 Å². The van der Waals surface area contributed by atoms with Crippen LogP contribution in [0.5, 0.6) is 0 Å². The molecule has 0 amide bonds. The number of anilines is 1. The molecule has 92 valence electrons. The molecule has 1 aromatic heterocycles. The molecule has 0 unspecified atom stereocenters. The Kier molecular flexibility index (Phi) is 2.99. The summed E-state index contributed by atoms with van der Waals surface area (Å²) in [7, 11) is -3.63. The van der Waals surface area contributed by atoms with Crippen LogP contribution in [-0.4, -0.2) is 30.5 Å². The molecule has 1 heterocycles. The van der Waals surface area contributed by atoms with Crippen molar-refractivity contribution in [3.05, 3.63) is 24.0 Å². The molecule has 0 spiro atoms. The number of nitrogens with one attached hydrogen (secondary N) is 2. The van der Waals surface area contributed by atoms with Crippen LogP contribution in [0.25, 0.3) is 0 Å². The third-order valence-corrected chi connectivity index (χ3v) is 3.28. The van der Waals surface area contributed by atoms with Gasteiger partial charge in [-0.1, -0.05) is 0 Å². The van der Waals surface area contributed by atoms with E-state index in [0.717, 1.165) is 18.9 Å². The number of carbonyl (C=O) groups is 1. The minimum Gasteiger partial charge on any atom is -0.477 e. The van der Waals surface area contributed by atoms with Crippen LogP contribution in [0.1, 0.15) is 23.3 Å². The molecule has 7 nitrogen and oxygen atoms in total. The molecule has 8 heteroatoms. The Bertz CT molecular complexity index is 539. The van der Waals surface area contributed by atoms with Crippen LogP contribution >= 0.6 is 0 Å². The molecule has 0 radical (unpaired) electrons. The molecular weight excluding hydrogens is 246 g/mol. The van der Waals surface area contributed by atoms with Crippen molar-refractivity contribution in [3.8, 4) is 0 Å². The SMILES string of the molecule is O=C(O)c1cc(NS(=O)(=O)NC2CC2)ccn1. The van der Waals surface area contributed by atoms with Gasteiger partial charge in [-0.05, 0) is 25.0 Å². The van der Waals surface area contributed by atoms with Gasteiger partial charge in [-0.15, -0.1) is 0 Å². The second kappa shape index (κ2) is 4.30. The highest BCUT2D eigenvalue weighted by atomic mass is 32.2. The zero-order chi connectivity index (χ0) is 12.5. The summed E-state index contributed by atoms with van der Waals surface area (Å²) in [6, 6.07) is 2.54. The summed E-state index contributed by atoms with van der Waals surface area (Å²) >= 11 is 0. The fourth-order valence-corrected chi connectivity index (χ4v) is 2.39. The van der Waals surface area contributed by atoms with Crippen LogP contribution in [0, 0.1) is 0 Å². The molecule has 2 rings (SSSR count). The Morgan fingerprint density at radius 2 is 2.18 bits per heavy atom. The van der Waals surface area contributed by atoms with Crippen molar-refractivity contribution >= 4 is 21.9 Å². The van der Waals surface area contributed by atoms with Crippen molar-refractivity contribution < 1.29 is 18.3 Å². The molecule has 17 heavy (non-hydrogen) atoms. The lowest BCUT2D eigenvalue weighted by Crippen LogP contribution is -2.31. The Morgan fingerprint density at radius 3 is 2.76 bits per heavy atom. The average molecular weight is 257 g/mol. The first kappa shape index (κ1) is 11.8. The van der Waals surface area contributed by atoms with Crippen molar-refractivity contribution in [2.45, 2.75) is 18.9 Å². The van der Waals surface area contributed by atoms with Crippen LogP contribution in [0.4, 0.5) is 5.69 Å². The van der Waals surface area contributed by atoms with Crippen molar-refractivity contribution in [3.63, 3.8) is 0 Å². The Balaban J connectivity index is 2.12. The molecule has 3 N–H and O–H groups in total. The zero-order valence-corrected chi connectivity index (χ0v) is 9.57. The van der Waals surface area contributed by atoms with Gasteiger partial charge in [0.15, 0.2) is 0 Å². The predicted octanol–water partition coefficient (Wildman–Crippen LogP) is 0.188. The van der Waals surface area contributed by atoms with Crippen LogP contribution in [-0.2, 0) is 10.2 Å². The molecule has 0 bridgehead atoms. The highest BCUT2D eigenvalue weighted by Gasteiger charge is 2.26. The first-order valence-electron chi connectivity index (χ1n) is 4.96. The van der Waals surface area contributed by atoms with E-state index >= 15 is 0 Å². The minimum atomic E-state index is -3.63. The van der Waals surface area contributed by atoms with Crippen LogP contribution < -0.4 is 9.44 Å². The molecular formula is C9H11N3O4S. The second-order valence-corrected chi connectivity index (χ2v) is 5.18. The van der Waals surface area contributed by atoms with Gasteiger partial charge in [-0.25, -0.2) is 9.78 Å². The fourth-order valence-electron chi connectivity index (χ4n) is 1.22. The molecule has 0 aromatic carbocycles. The number of aromatic carboxylic acids is 1. The van der Waals surface area contributed by atoms with Crippen molar-refractivity contribution in [1.82, 2.24) is 9.71 Å². The van der Waals surface area contributed by atoms with E-state index in [-0.39, 0.29) is 17.4 Å². The second-order valence-electron chi connectivity index (χ2n) is 3.73. The number of nitrogens with zero attached hydrogens (tertiary/aromatic N) is 1. The third kappa shape index (κ3) is 3.40. The normalized spacial score (nSPS) is 15.5. The summed E-state index contributed by atoms with van der Waals surface area (Å²) in [6.45, 7) is 0. The van der Waals surface area contributed by atoms with Crippen LogP contribution in [0.2, 0.25) is 0 Å². The van der Waals surface area contributed by atoms with Gasteiger partial charge in [-0.2, -0.15) is 13.1 Å². The standard InChI is InChI=1S/C9H11N3O4S/c13-9(14)8-5-7(3-4-10-8)12-17(15,16)11-6-1-2-6/h3-6,11H,1-2H2,(H,10,12)(H,13,14). The monoisotopic (exact) mass is 257 g/mol. The number of pyridine rings is 1. The van der Waals surface area contributed by atoms with Gasteiger partial charge >= 0.3 is 5.97 Å². The van der Waals surface area contributed by atoms with Gasteiger partial charge < -0.3 is 5.11 Å². The molecule has 1 saturated carbocycles. The van der Waals surface area contributed by atoms with Crippen LogP contribution in [0.15, 0.2) is 18.3 Å². The van der Waals surface area contributed by atoms with E-state index in [1.54, 1.807) is 0 Å². The fraction of sp³-hybridized carbons (Fsp3) is 0.333.